The van der Waals surface area contributed by atoms with Gasteiger partial charge in [0, 0.05) is 14.1 Å². The summed E-state index contributed by atoms with van der Waals surface area (Å²) in [5, 5.41) is 0. The van der Waals surface area contributed by atoms with Gasteiger partial charge in [-0.2, -0.15) is 0 Å². The summed E-state index contributed by atoms with van der Waals surface area (Å²) < 4.78 is 0. The summed E-state index contributed by atoms with van der Waals surface area (Å²) in [6.07, 6.45) is 11.5. The second kappa shape index (κ2) is 8.20. The summed E-state index contributed by atoms with van der Waals surface area (Å²) in [6, 6.07) is 0. The van der Waals surface area contributed by atoms with Gasteiger partial charge in [-0.05, 0) is 49.5 Å². The fourth-order valence-corrected chi connectivity index (χ4v) is 2.60. The second-order valence-electron chi connectivity index (χ2n) is 6.42. The van der Waals surface area contributed by atoms with Gasteiger partial charge in [0.2, 0.25) is 0 Å². The van der Waals surface area contributed by atoms with E-state index >= 15 is 0 Å². The maximum absolute atomic E-state index is 11.6. The lowest BCUT2D eigenvalue weighted by atomic mass is 9.88. The lowest BCUT2D eigenvalue weighted by molar-refractivity contribution is -0.124. The third-order valence-corrected chi connectivity index (χ3v) is 4.08. The van der Waals surface area contributed by atoms with Gasteiger partial charge in [-0.1, -0.05) is 19.1 Å². The lowest BCUT2D eigenvalue weighted by Gasteiger charge is -2.18. The first-order chi connectivity index (χ1) is 9.90. The predicted octanol–water partition coefficient (Wildman–Crippen LogP) is 1.95. The molecule has 1 rings (SSSR count). The average Bonchev–Trinajstić information content (AvgIpc) is 3.20. The molecule has 1 atom stereocenters. The number of amides is 1. The van der Waals surface area contributed by atoms with Crippen LogP contribution in [0.15, 0.2) is 23.9 Å². The Balaban J connectivity index is 2.38. The van der Waals surface area contributed by atoms with Crippen molar-refractivity contribution in [1.29, 1.82) is 0 Å². The van der Waals surface area contributed by atoms with E-state index in [0.717, 1.165) is 12.8 Å². The van der Waals surface area contributed by atoms with Crippen molar-refractivity contribution >= 4 is 5.91 Å². The number of nitrogens with zero attached hydrogens (tertiary/aromatic N) is 1. The first-order valence-electron chi connectivity index (χ1n) is 7.56. The molecule has 0 aromatic heterocycles. The Hall–Kier alpha value is -1.33. The highest BCUT2D eigenvalue weighted by molar-refractivity contribution is 5.92. The minimum Gasteiger partial charge on any atom is -0.394 e. The number of hydrogen-bond acceptors (Lipinski definition) is 4. The maximum Gasteiger partial charge on any atom is 0.269 e. The highest BCUT2D eigenvalue weighted by Gasteiger charge is 2.41. The van der Waals surface area contributed by atoms with Crippen LogP contribution in [0, 0.1) is 11.3 Å². The van der Waals surface area contributed by atoms with Crippen molar-refractivity contribution in [2.75, 3.05) is 20.7 Å². The van der Waals surface area contributed by atoms with Gasteiger partial charge in [-0.3, -0.25) is 4.79 Å². The summed E-state index contributed by atoms with van der Waals surface area (Å²) in [5.74, 6) is 5.54. The van der Waals surface area contributed by atoms with E-state index in [1.807, 2.05) is 6.08 Å². The monoisotopic (exact) mass is 295 g/mol. The van der Waals surface area contributed by atoms with Crippen LogP contribution in [-0.2, 0) is 9.63 Å². The molecule has 0 radical (unpaired) electrons. The van der Waals surface area contributed by atoms with Crippen molar-refractivity contribution in [2.24, 2.45) is 23.0 Å². The molecule has 21 heavy (non-hydrogen) atoms. The summed E-state index contributed by atoms with van der Waals surface area (Å²) in [6.45, 7) is 2.87. The molecule has 4 N–H and O–H groups in total. The second-order valence-corrected chi connectivity index (χ2v) is 6.42. The van der Waals surface area contributed by atoms with Crippen LogP contribution in [0.2, 0.25) is 0 Å². The van der Waals surface area contributed by atoms with Gasteiger partial charge in [0.05, 0.1) is 12.3 Å². The quantitative estimate of drug-likeness (QED) is 0.387. The van der Waals surface area contributed by atoms with Crippen LogP contribution >= 0.6 is 0 Å². The summed E-state index contributed by atoms with van der Waals surface area (Å²) in [5.41, 5.74) is 6.43. The smallest absolute Gasteiger partial charge is 0.269 e. The van der Waals surface area contributed by atoms with E-state index in [0.29, 0.717) is 17.9 Å². The Morgan fingerprint density at radius 2 is 2.10 bits per heavy atom. The fourth-order valence-electron chi connectivity index (χ4n) is 2.60. The molecule has 1 unspecified atom stereocenters. The third kappa shape index (κ3) is 6.31. The molecule has 0 heterocycles. The molecule has 0 aromatic carbocycles. The summed E-state index contributed by atoms with van der Waals surface area (Å²) >= 11 is 0. The molecule has 0 aliphatic heterocycles. The van der Waals surface area contributed by atoms with Crippen molar-refractivity contribution in [3.63, 3.8) is 0 Å². The van der Waals surface area contributed by atoms with Gasteiger partial charge in [0.15, 0.2) is 0 Å². The number of nitrogens with two attached hydrogens (primary N) is 2. The predicted molar refractivity (Wildman–Crippen MR) is 84.9 cm³/mol. The Morgan fingerprint density at radius 3 is 2.62 bits per heavy atom. The molecule has 1 fully saturated rings. The molecule has 0 bridgehead atoms. The van der Waals surface area contributed by atoms with Crippen LogP contribution in [0.25, 0.3) is 0 Å². The molecular formula is C16H29N3O2. The van der Waals surface area contributed by atoms with Gasteiger partial charge in [-0.15, -0.1) is 0 Å². The minimum absolute atomic E-state index is 0.156. The van der Waals surface area contributed by atoms with Crippen molar-refractivity contribution in [1.82, 2.24) is 4.90 Å². The Labute approximate surface area is 127 Å². The molecule has 120 valence electrons. The standard InChI is InChI=1S/C16H29N3O2/c1-13(7-11-21-18)12-16(9-10-16)8-5-4-6-14(17)15(20)19(2)3/h4-6,13H,7-12,17-18H2,1-3H3/b5-4-,14-6-. The van der Waals surface area contributed by atoms with Crippen molar-refractivity contribution in [3.05, 3.63) is 23.9 Å². The van der Waals surface area contributed by atoms with Gasteiger partial charge in [0.25, 0.3) is 5.91 Å². The molecule has 5 nitrogen and oxygen atoms in total. The van der Waals surface area contributed by atoms with Gasteiger partial charge >= 0.3 is 0 Å². The third-order valence-electron chi connectivity index (χ3n) is 4.08. The van der Waals surface area contributed by atoms with Crippen LogP contribution in [-0.4, -0.2) is 31.5 Å². The van der Waals surface area contributed by atoms with E-state index in [1.54, 1.807) is 20.2 Å². The number of allylic oxidation sites excluding steroid dienone is 3. The SMILES string of the molecule is CC(CCON)CC1(C/C=C\C=C(/N)C(=O)N(C)C)CC1. The average molecular weight is 295 g/mol. The molecule has 0 spiro atoms. The van der Waals surface area contributed by atoms with E-state index in [4.69, 9.17) is 11.6 Å². The molecule has 1 aliphatic rings. The van der Waals surface area contributed by atoms with Gasteiger partial charge < -0.3 is 15.5 Å². The van der Waals surface area contributed by atoms with Gasteiger partial charge in [0.1, 0.15) is 0 Å². The van der Waals surface area contributed by atoms with Crippen LogP contribution in [0.1, 0.15) is 39.0 Å². The van der Waals surface area contributed by atoms with E-state index < -0.39 is 0 Å². The minimum atomic E-state index is -0.156. The van der Waals surface area contributed by atoms with Crippen LogP contribution in [0.3, 0.4) is 0 Å². The molecule has 1 saturated carbocycles. The highest BCUT2D eigenvalue weighted by atomic mass is 16.6. The van der Waals surface area contributed by atoms with Crippen LogP contribution in [0.5, 0.6) is 0 Å². The van der Waals surface area contributed by atoms with Crippen LogP contribution in [0.4, 0.5) is 0 Å². The number of rotatable bonds is 9. The van der Waals surface area contributed by atoms with Crippen molar-refractivity contribution in [3.8, 4) is 0 Å². The number of hydrogen-bond donors (Lipinski definition) is 2. The van der Waals surface area contributed by atoms with Crippen molar-refractivity contribution < 1.29 is 9.63 Å². The topological polar surface area (TPSA) is 81.6 Å². The summed E-state index contributed by atoms with van der Waals surface area (Å²) in [7, 11) is 3.39. The Kier molecular flexibility index (Phi) is 6.92. The van der Waals surface area contributed by atoms with Gasteiger partial charge in [-0.25, -0.2) is 5.90 Å². The lowest BCUT2D eigenvalue weighted by Crippen LogP contribution is -2.27. The molecular weight excluding hydrogens is 266 g/mol. The molecule has 0 aromatic rings. The van der Waals surface area contributed by atoms with E-state index in [2.05, 4.69) is 17.8 Å². The zero-order valence-corrected chi connectivity index (χ0v) is 13.5. The largest absolute Gasteiger partial charge is 0.394 e. The summed E-state index contributed by atoms with van der Waals surface area (Å²) in [4.78, 5) is 17.7. The number of carbonyl (C=O) groups is 1. The fraction of sp³-hybridized carbons (Fsp3) is 0.688. The van der Waals surface area contributed by atoms with Crippen molar-refractivity contribution in [2.45, 2.75) is 39.0 Å². The molecule has 5 heteroatoms. The molecule has 0 saturated heterocycles. The first kappa shape index (κ1) is 17.7. The zero-order valence-electron chi connectivity index (χ0n) is 13.5. The van der Waals surface area contributed by atoms with E-state index in [9.17, 15) is 4.79 Å². The number of likely N-dealkylation sites (N-methyl/N-ethyl adjacent to an activating group) is 1. The maximum atomic E-state index is 11.6. The number of carbonyl (C=O) groups excluding carboxylic acids is 1. The normalized spacial score (nSPS) is 18.8. The first-order valence-corrected chi connectivity index (χ1v) is 7.56. The molecule has 1 aliphatic carbocycles. The Morgan fingerprint density at radius 1 is 1.43 bits per heavy atom. The highest BCUT2D eigenvalue weighted by Crippen LogP contribution is 2.54. The van der Waals surface area contributed by atoms with E-state index in [1.165, 1.54) is 24.2 Å². The van der Waals surface area contributed by atoms with Crippen LogP contribution < -0.4 is 11.6 Å². The zero-order chi connectivity index (χ0) is 15.9. The Bertz CT molecular complexity index is 398. The van der Waals surface area contributed by atoms with E-state index in [-0.39, 0.29) is 11.6 Å². The molecule has 1 amide bonds.